The second-order valence-electron chi connectivity index (χ2n) is 5.07. The largest absolute Gasteiger partial charge is 0.356 e. The molecule has 0 aromatic carbocycles. The number of hydrogen-bond acceptors (Lipinski definition) is 4. The van der Waals surface area contributed by atoms with Crippen molar-refractivity contribution in [3.8, 4) is 0 Å². The Morgan fingerprint density at radius 1 is 1.50 bits per heavy atom. The van der Waals surface area contributed by atoms with Crippen LogP contribution in [0.4, 0.5) is 0 Å². The van der Waals surface area contributed by atoms with E-state index in [9.17, 15) is 4.79 Å². The van der Waals surface area contributed by atoms with Crippen LogP contribution in [0, 0.1) is 5.92 Å². The first-order chi connectivity index (χ1) is 8.15. The standard InChI is InChI=1S/C12H22N4O.HI/c1-9-7-13-12(15-9)14-8-11-3-5-16(6-4-11)10(2)17;/h9,11H,3-8H2,1-2H3,(H2,13,14,15);1H. The number of carbonyl (C=O) groups is 1. The second-order valence-corrected chi connectivity index (χ2v) is 5.07. The molecule has 1 fully saturated rings. The van der Waals surface area contributed by atoms with Gasteiger partial charge in [0.2, 0.25) is 5.91 Å². The van der Waals surface area contributed by atoms with Gasteiger partial charge < -0.3 is 15.5 Å². The van der Waals surface area contributed by atoms with E-state index in [1.54, 1.807) is 6.92 Å². The maximum Gasteiger partial charge on any atom is 0.219 e. The lowest BCUT2D eigenvalue weighted by atomic mass is 9.97. The van der Waals surface area contributed by atoms with Gasteiger partial charge in [-0.25, -0.2) is 0 Å². The summed E-state index contributed by atoms with van der Waals surface area (Å²) in [6, 6.07) is 0.456. The van der Waals surface area contributed by atoms with Gasteiger partial charge in [-0.05, 0) is 25.7 Å². The molecule has 104 valence electrons. The van der Waals surface area contributed by atoms with Crippen molar-refractivity contribution >= 4 is 35.8 Å². The van der Waals surface area contributed by atoms with Gasteiger partial charge in [-0.15, -0.1) is 24.0 Å². The van der Waals surface area contributed by atoms with Gasteiger partial charge in [0, 0.05) is 32.6 Å². The highest BCUT2D eigenvalue weighted by Crippen LogP contribution is 2.16. The summed E-state index contributed by atoms with van der Waals surface area (Å²) in [5.74, 6) is 1.80. The minimum atomic E-state index is 0. The van der Waals surface area contributed by atoms with Crippen LogP contribution in [0.1, 0.15) is 26.7 Å². The Hall–Kier alpha value is -0.530. The van der Waals surface area contributed by atoms with E-state index in [0.29, 0.717) is 12.0 Å². The zero-order valence-corrected chi connectivity index (χ0v) is 13.4. The highest BCUT2D eigenvalue weighted by atomic mass is 127. The predicted molar refractivity (Wildman–Crippen MR) is 83.3 cm³/mol. The Morgan fingerprint density at radius 2 is 2.17 bits per heavy atom. The lowest BCUT2D eigenvalue weighted by Gasteiger charge is -2.31. The molecule has 2 N–H and O–H groups in total. The van der Waals surface area contributed by atoms with E-state index in [0.717, 1.165) is 45.0 Å². The zero-order valence-electron chi connectivity index (χ0n) is 11.1. The molecule has 1 amide bonds. The van der Waals surface area contributed by atoms with Crippen molar-refractivity contribution in [2.75, 3.05) is 26.2 Å². The summed E-state index contributed by atoms with van der Waals surface area (Å²) in [7, 11) is 0. The van der Waals surface area contributed by atoms with Crippen molar-refractivity contribution in [3.05, 3.63) is 0 Å². The molecule has 0 aromatic heterocycles. The minimum absolute atomic E-state index is 0. The summed E-state index contributed by atoms with van der Waals surface area (Å²) < 4.78 is 0. The lowest BCUT2D eigenvalue weighted by molar-refractivity contribution is -0.130. The van der Waals surface area contributed by atoms with Gasteiger partial charge in [-0.2, -0.15) is 0 Å². The SMILES string of the molecule is CC(=O)N1CCC(CNC2=NCC(C)N2)CC1.I. The average Bonchev–Trinajstić information content (AvgIpc) is 2.73. The van der Waals surface area contributed by atoms with Crippen molar-refractivity contribution in [1.29, 1.82) is 0 Å². The molecule has 1 saturated heterocycles. The second kappa shape index (κ2) is 7.16. The molecule has 18 heavy (non-hydrogen) atoms. The number of hydrogen-bond donors (Lipinski definition) is 2. The van der Waals surface area contributed by atoms with Crippen LogP contribution in [0.15, 0.2) is 4.99 Å². The molecule has 0 aliphatic carbocycles. The van der Waals surface area contributed by atoms with Crippen molar-refractivity contribution in [1.82, 2.24) is 15.5 Å². The van der Waals surface area contributed by atoms with Crippen LogP contribution in [0.2, 0.25) is 0 Å². The Bertz CT molecular complexity index is 313. The third kappa shape index (κ3) is 4.29. The summed E-state index contributed by atoms with van der Waals surface area (Å²) in [5.41, 5.74) is 0. The molecule has 0 saturated carbocycles. The van der Waals surface area contributed by atoms with Crippen LogP contribution >= 0.6 is 24.0 Å². The number of rotatable bonds is 2. The van der Waals surface area contributed by atoms with Gasteiger partial charge in [-0.3, -0.25) is 9.79 Å². The highest BCUT2D eigenvalue weighted by Gasteiger charge is 2.21. The number of nitrogens with zero attached hydrogens (tertiary/aromatic N) is 2. The number of piperidine rings is 1. The molecule has 0 radical (unpaired) electrons. The molecular formula is C12H23IN4O. The average molecular weight is 366 g/mol. The monoisotopic (exact) mass is 366 g/mol. The molecule has 0 bridgehead atoms. The number of guanidine groups is 1. The Morgan fingerprint density at radius 3 is 2.67 bits per heavy atom. The summed E-state index contributed by atoms with van der Waals surface area (Å²) in [6.45, 7) is 7.41. The molecular weight excluding hydrogens is 343 g/mol. The molecule has 2 aliphatic rings. The van der Waals surface area contributed by atoms with Crippen LogP contribution in [0.5, 0.6) is 0 Å². The van der Waals surface area contributed by atoms with E-state index >= 15 is 0 Å². The van der Waals surface area contributed by atoms with E-state index in [-0.39, 0.29) is 29.9 Å². The summed E-state index contributed by atoms with van der Waals surface area (Å²) >= 11 is 0. The number of aliphatic imine (C=N–C) groups is 1. The summed E-state index contributed by atoms with van der Waals surface area (Å²) in [4.78, 5) is 17.5. The smallest absolute Gasteiger partial charge is 0.219 e. The fourth-order valence-electron chi connectivity index (χ4n) is 2.35. The van der Waals surface area contributed by atoms with Crippen molar-refractivity contribution in [3.63, 3.8) is 0 Å². The lowest BCUT2D eigenvalue weighted by Crippen LogP contribution is -2.43. The topological polar surface area (TPSA) is 56.7 Å². The van der Waals surface area contributed by atoms with Crippen LogP contribution in [0.3, 0.4) is 0 Å². The number of nitrogens with one attached hydrogen (secondary N) is 2. The Balaban J connectivity index is 0.00000162. The minimum Gasteiger partial charge on any atom is -0.356 e. The van der Waals surface area contributed by atoms with Crippen LogP contribution in [-0.4, -0.2) is 49.0 Å². The molecule has 2 aliphatic heterocycles. The van der Waals surface area contributed by atoms with Crippen LogP contribution < -0.4 is 10.6 Å². The van der Waals surface area contributed by atoms with E-state index in [2.05, 4.69) is 22.5 Å². The molecule has 2 rings (SSSR count). The van der Waals surface area contributed by atoms with Gasteiger partial charge in [0.25, 0.3) is 0 Å². The molecule has 5 nitrogen and oxygen atoms in total. The van der Waals surface area contributed by atoms with Crippen LogP contribution in [0.25, 0.3) is 0 Å². The third-order valence-corrected chi connectivity index (χ3v) is 3.52. The van der Waals surface area contributed by atoms with Crippen molar-refractivity contribution in [2.45, 2.75) is 32.7 Å². The zero-order chi connectivity index (χ0) is 12.3. The fourth-order valence-corrected chi connectivity index (χ4v) is 2.35. The molecule has 2 heterocycles. The summed E-state index contributed by atoms with van der Waals surface area (Å²) in [5, 5.41) is 6.66. The molecule has 1 unspecified atom stereocenters. The number of halogens is 1. The maximum atomic E-state index is 11.2. The van der Waals surface area contributed by atoms with E-state index in [4.69, 9.17) is 0 Å². The molecule has 0 spiro atoms. The first-order valence-electron chi connectivity index (χ1n) is 6.45. The fraction of sp³-hybridized carbons (Fsp3) is 0.833. The van der Waals surface area contributed by atoms with Crippen molar-refractivity contribution in [2.24, 2.45) is 10.9 Å². The normalized spacial score (nSPS) is 24.0. The first kappa shape index (κ1) is 15.5. The van der Waals surface area contributed by atoms with Crippen molar-refractivity contribution < 1.29 is 4.79 Å². The maximum absolute atomic E-state index is 11.2. The Labute approximate surface area is 126 Å². The summed E-state index contributed by atoms with van der Waals surface area (Å²) in [6.07, 6.45) is 2.19. The Kier molecular flexibility index (Phi) is 6.17. The number of carbonyl (C=O) groups excluding carboxylic acids is 1. The highest BCUT2D eigenvalue weighted by molar-refractivity contribution is 14.0. The van der Waals surface area contributed by atoms with Gasteiger partial charge in [0.15, 0.2) is 5.96 Å². The van der Waals surface area contributed by atoms with Gasteiger partial charge in [0.05, 0.1) is 6.54 Å². The van der Waals surface area contributed by atoms with Gasteiger partial charge in [-0.1, -0.05) is 0 Å². The molecule has 0 aromatic rings. The van der Waals surface area contributed by atoms with Gasteiger partial charge in [0.1, 0.15) is 0 Å². The first-order valence-corrected chi connectivity index (χ1v) is 6.45. The van der Waals surface area contributed by atoms with E-state index in [1.165, 1.54) is 0 Å². The van der Waals surface area contributed by atoms with Gasteiger partial charge >= 0.3 is 0 Å². The molecule has 1 atom stereocenters. The van der Waals surface area contributed by atoms with E-state index < -0.39 is 0 Å². The third-order valence-electron chi connectivity index (χ3n) is 3.52. The van der Waals surface area contributed by atoms with E-state index in [1.807, 2.05) is 4.90 Å². The van der Waals surface area contributed by atoms with Crippen LogP contribution in [-0.2, 0) is 4.79 Å². The predicted octanol–water partition coefficient (Wildman–Crippen LogP) is 0.800. The molecule has 6 heteroatoms. The number of amides is 1. The number of likely N-dealkylation sites (tertiary alicyclic amines) is 1. The quantitative estimate of drug-likeness (QED) is 0.711.